The topological polar surface area (TPSA) is 12.0 Å². The van der Waals surface area contributed by atoms with Gasteiger partial charge in [-0.1, -0.05) is 35.5 Å². The molecule has 22 heavy (non-hydrogen) atoms. The van der Waals surface area contributed by atoms with Gasteiger partial charge in [0.25, 0.3) is 0 Å². The van der Waals surface area contributed by atoms with Gasteiger partial charge in [-0.15, -0.1) is 0 Å². The summed E-state index contributed by atoms with van der Waals surface area (Å²) in [6.07, 6.45) is 1.94. The summed E-state index contributed by atoms with van der Waals surface area (Å²) >= 11 is 6.91. The number of nitrogens with one attached hydrogen (secondary N) is 1. The van der Waals surface area contributed by atoms with Crippen molar-refractivity contribution >= 4 is 23.4 Å². The van der Waals surface area contributed by atoms with Crippen LogP contribution in [0.25, 0.3) is 0 Å². The molecule has 2 aromatic rings. The Hall–Kier alpha value is -1.10. The van der Waals surface area contributed by atoms with Gasteiger partial charge in [0.1, 0.15) is 11.6 Å². The molecule has 2 aromatic carbocycles. The van der Waals surface area contributed by atoms with E-state index in [0.29, 0.717) is 20.7 Å². The second-order valence-electron chi connectivity index (χ2n) is 5.36. The fourth-order valence-corrected chi connectivity index (χ4v) is 3.94. The molecule has 3 rings (SSSR count). The molecule has 1 N–H and O–H groups in total. The largest absolute Gasteiger partial charge is 0.317 e. The van der Waals surface area contributed by atoms with Crippen molar-refractivity contribution in [1.82, 2.24) is 5.32 Å². The Morgan fingerprint density at radius 2 is 1.82 bits per heavy atom. The lowest BCUT2D eigenvalue weighted by Crippen LogP contribution is -2.27. The summed E-state index contributed by atoms with van der Waals surface area (Å²) in [4.78, 5) is 0.917. The first-order chi connectivity index (χ1) is 10.6. The first kappa shape index (κ1) is 15.8. The van der Waals surface area contributed by atoms with Crippen molar-refractivity contribution in [3.63, 3.8) is 0 Å². The summed E-state index contributed by atoms with van der Waals surface area (Å²) in [5, 5.41) is 3.65. The molecule has 0 radical (unpaired) electrons. The van der Waals surface area contributed by atoms with Crippen LogP contribution in [0.5, 0.6) is 0 Å². The lowest BCUT2D eigenvalue weighted by atomic mass is 9.90. The Labute approximate surface area is 138 Å². The van der Waals surface area contributed by atoms with E-state index < -0.39 is 5.82 Å². The smallest absolute Gasteiger partial charge is 0.138 e. The Morgan fingerprint density at radius 1 is 1.05 bits per heavy atom. The number of piperidine rings is 1. The fourth-order valence-electron chi connectivity index (χ4n) is 2.76. The van der Waals surface area contributed by atoms with E-state index in [2.05, 4.69) is 5.32 Å². The van der Waals surface area contributed by atoms with Gasteiger partial charge in [-0.3, -0.25) is 0 Å². The quantitative estimate of drug-likeness (QED) is 0.821. The van der Waals surface area contributed by atoms with E-state index >= 15 is 0 Å². The molecular formula is C17H16ClF2NS. The highest BCUT2D eigenvalue weighted by Crippen LogP contribution is 2.39. The maximum atomic E-state index is 14.3. The molecule has 1 nitrogen and oxygen atoms in total. The number of halogens is 3. The Morgan fingerprint density at radius 3 is 2.55 bits per heavy atom. The van der Waals surface area contributed by atoms with E-state index in [1.54, 1.807) is 18.2 Å². The molecule has 0 amide bonds. The highest BCUT2D eigenvalue weighted by molar-refractivity contribution is 7.99. The van der Waals surface area contributed by atoms with E-state index in [4.69, 9.17) is 11.6 Å². The molecule has 1 heterocycles. The predicted octanol–water partition coefficient (Wildman–Crippen LogP) is 5.24. The van der Waals surface area contributed by atoms with Gasteiger partial charge in [-0.25, -0.2) is 8.78 Å². The van der Waals surface area contributed by atoms with Crippen LogP contribution in [0.4, 0.5) is 8.78 Å². The standard InChI is InChI=1S/C17H16ClF2NS/c18-12-4-5-16(15(20)10-12)22-17-13(2-1-3-14(17)19)11-6-8-21-9-7-11/h1-5,10-11,21H,6-9H2. The molecule has 1 aliphatic heterocycles. The maximum Gasteiger partial charge on any atom is 0.138 e. The number of hydrogen-bond donors (Lipinski definition) is 1. The normalized spacial score (nSPS) is 16.0. The Balaban J connectivity index is 1.95. The van der Waals surface area contributed by atoms with Crippen LogP contribution in [0.1, 0.15) is 24.3 Å². The SMILES string of the molecule is Fc1cc(Cl)ccc1Sc1c(F)cccc1C1CCNCC1. The first-order valence-electron chi connectivity index (χ1n) is 7.27. The lowest BCUT2D eigenvalue weighted by Gasteiger charge is -2.25. The zero-order chi connectivity index (χ0) is 15.5. The number of hydrogen-bond acceptors (Lipinski definition) is 2. The van der Waals surface area contributed by atoms with Crippen molar-refractivity contribution in [2.75, 3.05) is 13.1 Å². The van der Waals surface area contributed by atoms with Crippen molar-refractivity contribution < 1.29 is 8.78 Å². The van der Waals surface area contributed by atoms with Gasteiger partial charge in [0, 0.05) is 9.92 Å². The van der Waals surface area contributed by atoms with Gasteiger partial charge in [0.15, 0.2) is 0 Å². The highest BCUT2D eigenvalue weighted by Gasteiger charge is 2.21. The second kappa shape index (κ2) is 6.99. The van der Waals surface area contributed by atoms with Crippen LogP contribution in [0.2, 0.25) is 5.02 Å². The van der Waals surface area contributed by atoms with Crippen LogP contribution in [-0.2, 0) is 0 Å². The predicted molar refractivity (Wildman–Crippen MR) is 86.8 cm³/mol. The van der Waals surface area contributed by atoms with Crippen LogP contribution < -0.4 is 5.32 Å². The summed E-state index contributed by atoms with van der Waals surface area (Å²) in [5.74, 6) is -0.401. The summed E-state index contributed by atoms with van der Waals surface area (Å²) in [6.45, 7) is 1.86. The van der Waals surface area contributed by atoms with Crippen molar-refractivity contribution in [2.45, 2.75) is 28.6 Å². The average Bonchev–Trinajstić information content (AvgIpc) is 2.52. The third kappa shape index (κ3) is 3.45. The third-order valence-electron chi connectivity index (χ3n) is 3.88. The molecule has 0 saturated carbocycles. The summed E-state index contributed by atoms with van der Waals surface area (Å²) in [5.41, 5.74) is 0.973. The van der Waals surface area contributed by atoms with E-state index in [1.165, 1.54) is 12.1 Å². The Kier molecular flexibility index (Phi) is 5.01. The summed E-state index contributed by atoms with van der Waals surface area (Å²) < 4.78 is 28.3. The molecule has 0 atom stereocenters. The van der Waals surface area contributed by atoms with E-state index in [9.17, 15) is 8.78 Å². The minimum Gasteiger partial charge on any atom is -0.317 e. The molecule has 116 valence electrons. The molecule has 0 spiro atoms. The van der Waals surface area contributed by atoms with E-state index in [1.807, 2.05) is 6.07 Å². The zero-order valence-electron chi connectivity index (χ0n) is 11.9. The van der Waals surface area contributed by atoms with Crippen molar-refractivity contribution in [1.29, 1.82) is 0 Å². The molecular weight excluding hydrogens is 324 g/mol. The highest BCUT2D eigenvalue weighted by atomic mass is 35.5. The third-order valence-corrected chi connectivity index (χ3v) is 5.30. The van der Waals surface area contributed by atoms with Crippen molar-refractivity contribution in [3.8, 4) is 0 Å². The van der Waals surface area contributed by atoms with Crippen molar-refractivity contribution in [2.24, 2.45) is 0 Å². The molecule has 5 heteroatoms. The Bertz CT molecular complexity index is 672. The summed E-state index contributed by atoms with van der Waals surface area (Å²) in [6, 6.07) is 9.60. The van der Waals surface area contributed by atoms with Gasteiger partial charge in [0.05, 0.1) is 4.90 Å². The second-order valence-corrected chi connectivity index (χ2v) is 6.85. The van der Waals surface area contributed by atoms with Crippen LogP contribution in [0.3, 0.4) is 0 Å². The average molecular weight is 340 g/mol. The van der Waals surface area contributed by atoms with Crippen molar-refractivity contribution in [3.05, 3.63) is 58.6 Å². The van der Waals surface area contributed by atoms with Gasteiger partial charge in [0.2, 0.25) is 0 Å². The zero-order valence-corrected chi connectivity index (χ0v) is 13.5. The van der Waals surface area contributed by atoms with Crippen LogP contribution >= 0.6 is 23.4 Å². The minimum absolute atomic E-state index is 0.296. The molecule has 1 saturated heterocycles. The van der Waals surface area contributed by atoms with Gasteiger partial charge in [-0.05, 0) is 61.7 Å². The van der Waals surface area contributed by atoms with E-state index in [-0.39, 0.29) is 5.82 Å². The van der Waals surface area contributed by atoms with Gasteiger partial charge >= 0.3 is 0 Å². The molecule has 0 aliphatic carbocycles. The molecule has 0 bridgehead atoms. The van der Waals surface area contributed by atoms with Crippen LogP contribution in [-0.4, -0.2) is 13.1 Å². The first-order valence-corrected chi connectivity index (χ1v) is 8.46. The van der Waals surface area contributed by atoms with Crippen LogP contribution in [0, 0.1) is 11.6 Å². The summed E-state index contributed by atoms with van der Waals surface area (Å²) in [7, 11) is 0. The fraction of sp³-hybridized carbons (Fsp3) is 0.294. The monoisotopic (exact) mass is 339 g/mol. The minimum atomic E-state index is -0.419. The van der Waals surface area contributed by atoms with Gasteiger partial charge < -0.3 is 5.32 Å². The molecule has 0 unspecified atom stereocenters. The number of rotatable bonds is 3. The molecule has 1 fully saturated rings. The lowest BCUT2D eigenvalue weighted by molar-refractivity contribution is 0.452. The molecule has 0 aromatic heterocycles. The number of benzene rings is 2. The molecule has 1 aliphatic rings. The van der Waals surface area contributed by atoms with Gasteiger partial charge in [-0.2, -0.15) is 0 Å². The van der Waals surface area contributed by atoms with E-state index in [0.717, 1.165) is 43.3 Å². The van der Waals surface area contributed by atoms with Crippen LogP contribution in [0.15, 0.2) is 46.2 Å². The maximum absolute atomic E-state index is 14.3.